The number of likely N-dealkylation sites (tertiary alicyclic amines) is 1. The summed E-state index contributed by atoms with van der Waals surface area (Å²) in [4.78, 5) is 7.76. The van der Waals surface area contributed by atoms with Crippen LogP contribution in [0.2, 0.25) is 0 Å². The van der Waals surface area contributed by atoms with E-state index in [-0.39, 0.29) is 0 Å². The largest absolute Gasteiger partial charge is 0.508 e. The minimum Gasteiger partial charge on any atom is -0.508 e. The first-order chi connectivity index (χ1) is 13.2. The highest BCUT2D eigenvalue weighted by Gasteiger charge is 2.44. The van der Waals surface area contributed by atoms with Crippen LogP contribution in [0.4, 0.5) is 11.4 Å². The predicted octanol–water partition coefficient (Wildman–Crippen LogP) is 3.45. The predicted molar refractivity (Wildman–Crippen MR) is 111 cm³/mol. The van der Waals surface area contributed by atoms with E-state index in [1.807, 2.05) is 18.2 Å². The van der Waals surface area contributed by atoms with Crippen molar-refractivity contribution in [1.82, 2.24) is 4.90 Å². The van der Waals surface area contributed by atoms with Crippen LogP contribution in [0, 0.1) is 0 Å². The summed E-state index contributed by atoms with van der Waals surface area (Å²) in [6, 6.07) is 15.3. The summed E-state index contributed by atoms with van der Waals surface area (Å²) in [5.41, 5.74) is 5.56. The Morgan fingerprint density at radius 2 is 1.93 bits per heavy atom. The number of benzene rings is 2. The molecule has 0 aliphatic carbocycles. The van der Waals surface area contributed by atoms with Crippen molar-refractivity contribution in [2.24, 2.45) is 0 Å². The van der Waals surface area contributed by atoms with Gasteiger partial charge in [-0.1, -0.05) is 30.3 Å². The first-order valence-electron chi connectivity index (χ1n) is 10.3. The van der Waals surface area contributed by atoms with Gasteiger partial charge in [0.15, 0.2) is 0 Å². The highest BCUT2D eigenvalue weighted by molar-refractivity contribution is 5.80. The number of para-hydroxylation sites is 2. The fourth-order valence-corrected chi connectivity index (χ4v) is 5.39. The third kappa shape index (κ3) is 2.87. The van der Waals surface area contributed by atoms with Crippen LogP contribution in [0.3, 0.4) is 0 Å². The number of hydrogen-bond donors (Lipinski definition) is 1. The van der Waals surface area contributed by atoms with Crippen molar-refractivity contribution in [3.63, 3.8) is 0 Å². The SMILES string of the molecule is CN1CCN2c3c(cccc31)[C@@H]1CN(CCCc3ccccc3O)CC[C@@H]12. The van der Waals surface area contributed by atoms with E-state index in [0.29, 0.717) is 17.7 Å². The van der Waals surface area contributed by atoms with E-state index in [9.17, 15) is 5.11 Å². The lowest BCUT2D eigenvalue weighted by atomic mass is 9.89. The molecule has 0 bridgehead atoms. The second kappa shape index (κ2) is 6.75. The van der Waals surface area contributed by atoms with Crippen molar-refractivity contribution in [3.8, 4) is 5.75 Å². The summed E-state index contributed by atoms with van der Waals surface area (Å²) in [7, 11) is 2.22. The maximum atomic E-state index is 9.97. The van der Waals surface area contributed by atoms with Gasteiger partial charge in [0.05, 0.1) is 11.4 Å². The van der Waals surface area contributed by atoms with Crippen molar-refractivity contribution in [1.29, 1.82) is 0 Å². The average molecular weight is 364 g/mol. The molecule has 142 valence electrons. The van der Waals surface area contributed by atoms with Crippen LogP contribution in [-0.2, 0) is 6.42 Å². The van der Waals surface area contributed by atoms with Gasteiger partial charge < -0.3 is 19.8 Å². The molecule has 0 spiro atoms. The van der Waals surface area contributed by atoms with Crippen LogP contribution in [0.1, 0.15) is 29.9 Å². The number of phenolic OH excluding ortho intramolecular Hbond substituents is 1. The number of aromatic hydroxyl groups is 1. The minimum atomic E-state index is 0.437. The highest BCUT2D eigenvalue weighted by atomic mass is 16.3. The molecular formula is C23H29N3O. The normalized spacial score (nSPS) is 24.0. The van der Waals surface area contributed by atoms with Gasteiger partial charge in [0.2, 0.25) is 0 Å². The first kappa shape index (κ1) is 16.9. The molecule has 2 aromatic carbocycles. The molecule has 4 nitrogen and oxygen atoms in total. The summed E-state index contributed by atoms with van der Waals surface area (Å²) < 4.78 is 0. The van der Waals surface area contributed by atoms with Gasteiger partial charge in [-0.05, 0) is 49.1 Å². The zero-order chi connectivity index (χ0) is 18.4. The summed E-state index contributed by atoms with van der Waals surface area (Å²) in [6.45, 7) is 5.77. The quantitative estimate of drug-likeness (QED) is 0.901. The number of phenols is 1. The molecule has 2 aromatic rings. The molecular weight excluding hydrogens is 334 g/mol. The third-order valence-corrected chi connectivity index (χ3v) is 6.79. The summed E-state index contributed by atoms with van der Waals surface area (Å²) >= 11 is 0. The molecule has 27 heavy (non-hydrogen) atoms. The van der Waals surface area contributed by atoms with E-state index < -0.39 is 0 Å². The number of hydrogen-bond acceptors (Lipinski definition) is 4. The van der Waals surface area contributed by atoms with Crippen LogP contribution in [0.5, 0.6) is 5.75 Å². The molecule has 3 aliphatic rings. The molecule has 1 fully saturated rings. The van der Waals surface area contributed by atoms with Gasteiger partial charge in [0.1, 0.15) is 5.75 Å². The van der Waals surface area contributed by atoms with E-state index in [0.717, 1.165) is 38.0 Å². The van der Waals surface area contributed by atoms with Gasteiger partial charge in [-0.2, -0.15) is 0 Å². The molecule has 5 rings (SSSR count). The van der Waals surface area contributed by atoms with Gasteiger partial charge >= 0.3 is 0 Å². The fourth-order valence-electron chi connectivity index (χ4n) is 5.39. The number of fused-ring (bicyclic) bond motifs is 3. The Bertz CT molecular complexity index is 836. The Morgan fingerprint density at radius 1 is 1.04 bits per heavy atom. The second-order valence-electron chi connectivity index (χ2n) is 8.33. The Morgan fingerprint density at radius 3 is 2.81 bits per heavy atom. The molecule has 0 unspecified atom stereocenters. The van der Waals surface area contributed by atoms with Crippen molar-refractivity contribution in [2.75, 3.05) is 49.6 Å². The van der Waals surface area contributed by atoms with Gasteiger partial charge in [-0.25, -0.2) is 0 Å². The zero-order valence-corrected chi connectivity index (χ0v) is 16.1. The molecule has 1 N–H and O–H groups in total. The van der Waals surface area contributed by atoms with E-state index in [2.05, 4.69) is 39.9 Å². The maximum absolute atomic E-state index is 9.97. The van der Waals surface area contributed by atoms with Crippen LogP contribution in [0.25, 0.3) is 0 Å². The molecule has 4 heteroatoms. The highest BCUT2D eigenvalue weighted by Crippen LogP contribution is 2.50. The van der Waals surface area contributed by atoms with Crippen LogP contribution < -0.4 is 9.80 Å². The van der Waals surface area contributed by atoms with Gasteiger partial charge in [0.25, 0.3) is 0 Å². The lowest BCUT2D eigenvalue weighted by Gasteiger charge is -2.41. The zero-order valence-electron chi connectivity index (χ0n) is 16.1. The molecule has 2 atom stereocenters. The van der Waals surface area contributed by atoms with Crippen molar-refractivity contribution < 1.29 is 5.11 Å². The lowest BCUT2D eigenvalue weighted by Crippen LogP contribution is -2.49. The van der Waals surface area contributed by atoms with Crippen molar-refractivity contribution in [2.45, 2.75) is 31.2 Å². The smallest absolute Gasteiger partial charge is 0.118 e. The summed E-state index contributed by atoms with van der Waals surface area (Å²) in [5, 5.41) is 9.97. The molecule has 0 saturated carbocycles. The summed E-state index contributed by atoms with van der Waals surface area (Å²) in [5.74, 6) is 1.08. The fraction of sp³-hybridized carbons (Fsp3) is 0.478. The number of anilines is 2. The lowest BCUT2D eigenvalue weighted by molar-refractivity contribution is 0.191. The van der Waals surface area contributed by atoms with Gasteiger partial charge in [-0.15, -0.1) is 0 Å². The number of rotatable bonds is 4. The number of aryl methyl sites for hydroxylation is 1. The maximum Gasteiger partial charge on any atom is 0.118 e. The Kier molecular flexibility index (Phi) is 4.24. The van der Waals surface area contributed by atoms with Gasteiger partial charge in [-0.3, -0.25) is 0 Å². The molecule has 1 saturated heterocycles. The Labute approximate surface area is 162 Å². The van der Waals surface area contributed by atoms with E-state index in [1.54, 1.807) is 11.6 Å². The van der Waals surface area contributed by atoms with E-state index >= 15 is 0 Å². The van der Waals surface area contributed by atoms with Crippen molar-refractivity contribution in [3.05, 3.63) is 53.6 Å². The molecule has 0 amide bonds. The third-order valence-electron chi connectivity index (χ3n) is 6.79. The number of likely N-dealkylation sites (N-methyl/N-ethyl adjacent to an activating group) is 1. The molecule has 3 aliphatic heterocycles. The van der Waals surface area contributed by atoms with E-state index in [4.69, 9.17) is 0 Å². The molecule has 3 heterocycles. The van der Waals surface area contributed by atoms with Crippen molar-refractivity contribution >= 4 is 11.4 Å². The van der Waals surface area contributed by atoms with Crippen LogP contribution in [-0.4, -0.2) is 55.8 Å². The number of nitrogens with zero attached hydrogens (tertiary/aromatic N) is 3. The minimum absolute atomic E-state index is 0.437. The van der Waals surface area contributed by atoms with E-state index in [1.165, 1.54) is 30.9 Å². The van der Waals surface area contributed by atoms with Crippen LogP contribution >= 0.6 is 0 Å². The standard InChI is InChI=1S/C23H29N3O/c1-24-14-15-26-20-11-13-25(12-5-7-17-6-2-3-10-22(17)27)16-19(20)18-8-4-9-21(24)23(18)26/h2-4,6,8-10,19-20,27H,5,7,11-16H2,1H3/t19-,20-/m0/s1. The van der Waals surface area contributed by atoms with Gasteiger partial charge in [0, 0.05) is 45.2 Å². The summed E-state index contributed by atoms with van der Waals surface area (Å²) in [6.07, 6.45) is 3.32. The molecule has 0 radical (unpaired) electrons. The average Bonchev–Trinajstić information content (AvgIpc) is 3.01. The monoisotopic (exact) mass is 363 g/mol. The topological polar surface area (TPSA) is 30.0 Å². The Hall–Kier alpha value is -2.20. The van der Waals surface area contributed by atoms with Crippen LogP contribution in [0.15, 0.2) is 42.5 Å². The Balaban J connectivity index is 1.28. The molecule has 0 aromatic heterocycles. The first-order valence-corrected chi connectivity index (χ1v) is 10.3. The second-order valence-corrected chi connectivity index (χ2v) is 8.33. The number of piperidine rings is 1.